The van der Waals surface area contributed by atoms with Gasteiger partial charge in [0.25, 0.3) is 5.79 Å². The fourth-order valence-electron chi connectivity index (χ4n) is 12.6. The van der Waals surface area contributed by atoms with Crippen LogP contribution in [0, 0.1) is 39.9 Å². The van der Waals surface area contributed by atoms with Crippen molar-refractivity contribution < 1.29 is 72.4 Å². The lowest BCUT2D eigenvalue weighted by atomic mass is 9.36. The second-order valence-corrected chi connectivity index (χ2v) is 16.3. The number of allylic oxidation sites excluding steroid dienone is 1. The van der Waals surface area contributed by atoms with E-state index in [-0.39, 0.29) is 37.2 Å². The van der Waals surface area contributed by atoms with Gasteiger partial charge in [-0.1, -0.05) is 13.0 Å². The maximum absolute atomic E-state index is 14.3. The van der Waals surface area contributed by atoms with Gasteiger partial charge in [-0.2, -0.15) is 0 Å². The molecule has 3 N–H and O–H groups in total. The highest BCUT2D eigenvalue weighted by Gasteiger charge is 2.97. The molecule has 16 atom stereocenters. The second kappa shape index (κ2) is 10.6. The van der Waals surface area contributed by atoms with Crippen LogP contribution in [0.5, 0.6) is 0 Å². The Bertz CT molecular complexity index is 1660. The number of ketones is 1. The van der Waals surface area contributed by atoms with Gasteiger partial charge in [-0.25, -0.2) is 9.59 Å². The largest absolute Gasteiger partial charge is 0.469 e. The fourth-order valence-corrected chi connectivity index (χ4v) is 12.6. The number of aliphatic hydroxyl groups is 3. The van der Waals surface area contributed by atoms with E-state index >= 15 is 0 Å². The number of hydrogen-bond donors (Lipinski definition) is 3. The lowest BCUT2D eigenvalue weighted by Crippen LogP contribution is -2.78. The van der Waals surface area contributed by atoms with Crippen LogP contribution in [0.4, 0.5) is 0 Å². The number of carbonyl (C=O) groups excluding carboxylic acids is 4. The number of ether oxygens (including phenoxy) is 8. The van der Waals surface area contributed by atoms with Crippen LogP contribution in [-0.4, -0.2) is 120 Å². The molecule has 0 aromatic heterocycles. The molecule has 1 spiro atoms. The summed E-state index contributed by atoms with van der Waals surface area (Å²) in [6.07, 6.45) is -1.32. The van der Waals surface area contributed by atoms with Gasteiger partial charge in [0, 0.05) is 40.6 Å². The van der Waals surface area contributed by atoms with Crippen LogP contribution in [0.25, 0.3) is 0 Å². The van der Waals surface area contributed by atoms with Gasteiger partial charge in [0.2, 0.25) is 6.29 Å². The van der Waals surface area contributed by atoms with Crippen LogP contribution in [0.15, 0.2) is 24.0 Å². The first kappa shape index (κ1) is 35.1. The summed E-state index contributed by atoms with van der Waals surface area (Å²) in [4.78, 5) is 54.7. The Morgan fingerprint density at radius 2 is 1.73 bits per heavy atom. The molecule has 0 amide bonds. The van der Waals surface area contributed by atoms with Crippen molar-refractivity contribution >= 4 is 23.7 Å². The zero-order chi connectivity index (χ0) is 36.9. The molecule has 15 heteroatoms. The Morgan fingerprint density at radius 1 is 1.02 bits per heavy atom. The number of carbonyl (C=O) groups is 4. The van der Waals surface area contributed by atoms with Gasteiger partial charge in [-0.15, -0.1) is 0 Å². The quantitative estimate of drug-likeness (QED) is 0.142. The van der Waals surface area contributed by atoms with Gasteiger partial charge >= 0.3 is 17.9 Å². The Kier molecular flexibility index (Phi) is 7.31. The molecule has 15 nitrogen and oxygen atoms in total. The molecule has 51 heavy (non-hydrogen) atoms. The van der Waals surface area contributed by atoms with Gasteiger partial charge in [0.15, 0.2) is 5.60 Å². The van der Waals surface area contributed by atoms with E-state index < -0.39 is 118 Å². The molecule has 4 saturated heterocycles. The topological polar surface area (TPSA) is 206 Å². The van der Waals surface area contributed by atoms with Crippen molar-refractivity contribution in [3.05, 3.63) is 24.0 Å². The van der Waals surface area contributed by atoms with Crippen LogP contribution in [0.1, 0.15) is 53.9 Å². The molecule has 0 unspecified atom stereocenters. The van der Waals surface area contributed by atoms with Crippen molar-refractivity contribution in [2.75, 3.05) is 27.4 Å². The van der Waals surface area contributed by atoms with E-state index in [2.05, 4.69) is 0 Å². The minimum absolute atomic E-state index is 0.0680. The summed E-state index contributed by atoms with van der Waals surface area (Å²) in [6, 6.07) is 0. The molecule has 5 aliphatic heterocycles. The zero-order valence-electron chi connectivity index (χ0n) is 29.7. The molecular weight excluding hydrogens is 672 g/mol. The molecule has 280 valence electrons. The van der Waals surface area contributed by atoms with E-state index in [1.165, 1.54) is 26.4 Å². The molecule has 2 bridgehead atoms. The normalized spacial score (nSPS) is 54.0. The van der Waals surface area contributed by atoms with Gasteiger partial charge in [-0.05, 0) is 52.5 Å². The third-order valence-electron chi connectivity index (χ3n) is 14.6. The minimum Gasteiger partial charge on any atom is -0.469 e. The molecule has 0 aromatic rings. The summed E-state index contributed by atoms with van der Waals surface area (Å²) < 4.78 is 48.5. The summed E-state index contributed by atoms with van der Waals surface area (Å²) in [5.74, 6) is -9.60. The molecule has 0 radical (unpaired) electrons. The molecule has 3 saturated carbocycles. The number of Topliss-reactive ketones (excluding diaryl/α,β-unsaturated/α-hetero) is 1. The highest BCUT2D eigenvalue weighted by atomic mass is 16.7. The average molecular weight is 719 g/mol. The molecule has 7 fully saturated rings. The number of aliphatic hydroxyl groups excluding tert-OH is 1. The number of rotatable bonds is 7. The standard InChI is InChI=1S/C36H46O15/c1-8-16(2)25(39)49-20-12-18(11-17(3)37)32(27(40)44-6)14-47-22-23(32)33(20)15-48-35(43,28(41)45-7)26(33)30(4,24(22)38)36-21-13-19(31(36,5)51-36)34(42)9-10-46-29(34)50-21/h8-10,18-24,26,29,38,42-43H,11-15H2,1-7H3/b16-8+/t18-,19-,20+,21+,22-,23+,24-,26+,29+,30-,31+,32+,33+,34+,35+,36+/m1/s1. The zero-order valence-corrected chi connectivity index (χ0v) is 29.7. The van der Waals surface area contributed by atoms with Crippen molar-refractivity contribution in [1.29, 1.82) is 0 Å². The van der Waals surface area contributed by atoms with Crippen molar-refractivity contribution in [2.24, 2.45) is 39.9 Å². The maximum Gasteiger partial charge on any atom is 0.366 e. The van der Waals surface area contributed by atoms with Crippen molar-refractivity contribution in [3.8, 4) is 0 Å². The van der Waals surface area contributed by atoms with E-state index in [9.17, 15) is 34.5 Å². The SMILES string of the molecule is C/C=C(\C)C(=O)O[C@H]1C[C@@H](CC(C)=O)[C@@]2(C(=O)OC)CO[C@H]3[C@@H](O)[C@@](C)([C@]45O[C@@]4(C)[C@H]4C[C@@H]5O[C@@H]5OC=C[C@@]54O)[C@H]4[C@]1(CO[C@]4(O)C(=O)OC)[C@@H]32. The molecular formula is C36H46O15. The first-order chi connectivity index (χ1) is 23.9. The van der Waals surface area contributed by atoms with E-state index in [1.54, 1.807) is 33.8 Å². The van der Waals surface area contributed by atoms with Crippen LogP contribution < -0.4 is 0 Å². The Hall–Kier alpha value is -2.92. The number of fused-ring (bicyclic) bond motifs is 7. The van der Waals surface area contributed by atoms with Crippen LogP contribution >= 0.6 is 0 Å². The first-order valence-corrected chi connectivity index (χ1v) is 17.5. The number of epoxide rings is 1. The highest BCUT2D eigenvalue weighted by Crippen LogP contribution is 2.83. The Morgan fingerprint density at radius 3 is 2.37 bits per heavy atom. The van der Waals surface area contributed by atoms with E-state index in [1.807, 2.05) is 0 Å². The van der Waals surface area contributed by atoms with Crippen LogP contribution in [0.3, 0.4) is 0 Å². The third kappa shape index (κ3) is 3.69. The minimum atomic E-state index is -2.78. The van der Waals surface area contributed by atoms with Crippen LogP contribution in [-0.2, 0) is 57.1 Å². The summed E-state index contributed by atoms with van der Waals surface area (Å²) in [7, 11) is 2.31. The Labute approximate surface area is 294 Å². The lowest BCUT2D eigenvalue weighted by molar-refractivity contribution is -0.313. The molecule has 8 rings (SSSR count). The smallest absolute Gasteiger partial charge is 0.366 e. The maximum atomic E-state index is 14.3. The predicted molar refractivity (Wildman–Crippen MR) is 168 cm³/mol. The fraction of sp³-hybridized carbons (Fsp3) is 0.778. The monoisotopic (exact) mass is 718 g/mol. The van der Waals surface area contributed by atoms with Gasteiger partial charge in [0.1, 0.15) is 28.5 Å². The van der Waals surface area contributed by atoms with Crippen molar-refractivity contribution in [3.63, 3.8) is 0 Å². The lowest BCUT2D eigenvalue weighted by Gasteiger charge is -2.66. The third-order valence-corrected chi connectivity index (χ3v) is 14.6. The number of hydrogen-bond acceptors (Lipinski definition) is 15. The van der Waals surface area contributed by atoms with E-state index in [0.29, 0.717) is 0 Å². The van der Waals surface area contributed by atoms with Gasteiger partial charge in [0.05, 0.1) is 52.0 Å². The molecule has 8 aliphatic rings. The first-order valence-electron chi connectivity index (χ1n) is 17.5. The Balaban J connectivity index is 1.40. The number of methoxy groups -OCH3 is 2. The molecule has 0 aromatic carbocycles. The van der Waals surface area contributed by atoms with E-state index in [4.69, 9.17) is 37.9 Å². The van der Waals surface area contributed by atoms with Crippen LogP contribution in [0.2, 0.25) is 0 Å². The number of esters is 3. The molecule has 3 aliphatic carbocycles. The summed E-state index contributed by atoms with van der Waals surface area (Å²) in [5.41, 5.74) is -9.01. The predicted octanol–water partition coefficient (Wildman–Crippen LogP) is 0.461. The van der Waals surface area contributed by atoms with Crippen molar-refractivity contribution in [2.45, 2.75) is 107 Å². The van der Waals surface area contributed by atoms with Gasteiger partial charge in [-0.3, -0.25) is 4.79 Å². The van der Waals surface area contributed by atoms with Gasteiger partial charge < -0.3 is 58.0 Å². The highest BCUT2D eigenvalue weighted by molar-refractivity contribution is 5.88. The van der Waals surface area contributed by atoms with Crippen molar-refractivity contribution in [1.82, 2.24) is 0 Å². The second-order valence-electron chi connectivity index (χ2n) is 16.3. The molecule has 5 heterocycles. The van der Waals surface area contributed by atoms with E-state index in [0.717, 1.165) is 7.11 Å². The summed E-state index contributed by atoms with van der Waals surface area (Å²) >= 11 is 0. The average Bonchev–Trinajstić information content (AvgIpc) is 3.47. The summed E-state index contributed by atoms with van der Waals surface area (Å²) in [6.45, 7) is 7.39. The summed E-state index contributed by atoms with van der Waals surface area (Å²) in [5, 5.41) is 37.5.